The van der Waals surface area contributed by atoms with E-state index >= 15 is 0 Å². The summed E-state index contributed by atoms with van der Waals surface area (Å²) in [4.78, 5) is 0. The lowest BCUT2D eigenvalue weighted by Gasteiger charge is -2.03. The van der Waals surface area contributed by atoms with E-state index in [0.717, 1.165) is 6.42 Å². The first-order valence-corrected chi connectivity index (χ1v) is 4.81. The van der Waals surface area contributed by atoms with Gasteiger partial charge in [0.05, 0.1) is 5.75 Å². The molecule has 4 heteroatoms. The van der Waals surface area contributed by atoms with Crippen molar-refractivity contribution in [3.8, 4) is 0 Å². The van der Waals surface area contributed by atoms with Crippen molar-refractivity contribution in [3.63, 3.8) is 0 Å². The van der Waals surface area contributed by atoms with Crippen LogP contribution in [0.15, 0.2) is 0 Å². The van der Waals surface area contributed by atoms with Gasteiger partial charge in [0, 0.05) is 0 Å². The van der Waals surface area contributed by atoms with Crippen LogP contribution in [0.5, 0.6) is 0 Å². The summed E-state index contributed by atoms with van der Waals surface area (Å²) in [6, 6.07) is 0. The van der Waals surface area contributed by atoms with Gasteiger partial charge in [-0.25, -0.2) is 0 Å². The highest BCUT2D eigenvalue weighted by Gasteiger charge is 2.49. The first-order valence-electron chi connectivity index (χ1n) is 3.26. The molecule has 2 nitrogen and oxygen atoms in total. The summed E-state index contributed by atoms with van der Waals surface area (Å²) in [6.45, 7) is 3.74. The average molecular weight is 166 g/mol. The molecule has 0 aromatic heterocycles. The van der Waals surface area contributed by atoms with Crippen molar-refractivity contribution >= 4 is 10.2 Å². The first kappa shape index (κ1) is 7.98. The summed E-state index contributed by atoms with van der Waals surface area (Å²) in [5.41, 5.74) is -0.270. The molecule has 0 radical (unpaired) electrons. The van der Waals surface area contributed by atoms with Gasteiger partial charge in [-0.15, -0.1) is 3.89 Å². The SMILES string of the molecule is CC1CC1(C)CS(=O)(=O)F. The van der Waals surface area contributed by atoms with Gasteiger partial charge in [-0.1, -0.05) is 13.8 Å². The van der Waals surface area contributed by atoms with E-state index in [-0.39, 0.29) is 11.2 Å². The molecule has 0 saturated heterocycles. The molecule has 0 aromatic carbocycles. The molecule has 0 aliphatic heterocycles. The highest BCUT2D eigenvalue weighted by Crippen LogP contribution is 2.52. The second kappa shape index (κ2) is 1.94. The van der Waals surface area contributed by atoms with Gasteiger partial charge >= 0.3 is 10.2 Å². The van der Waals surface area contributed by atoms with Crippen molar-refractivity contribution in [2.75, 3.05) is 5.75 Å². The lowest BCUT2D eigenvalue weighted by molar-refractivity contribution is 0.513. The third kappa shape index (κ3) is 1.68. The Balaban J connectivity index is 2.57. The minimum Gasteiger partial charge on any atom is -0.195 e. The van der Waals surface area contributed by atoms with Crippen LogP contribution in [-0.2, 0) is 10.2 Å². The zero-order valence-corrected chi connectivity index (χ0v) is 6.91. The normalized spacial score (nSPS) is 39.7. The molecule has 0 N–H and O–H groups in total. The fourth-order valence-electron chi connectivity index (χ4n) is 1.24. The van der Waals surface area contributed by atoms with Gasteiger partial charge in [-0.05, 0) is 17.8 Å². The molecule has 1 saturated carbocycles. The van der Waals surface area contributed by atoms with Gasteiger partial charge < -0.3 is 0 Å². The van der Waals surface area contributed by atoms with Crippen LogP contribution >= 0.6 is 0 Å². The second-order valence-electron chi connectivity index (χ2n) is 3.44. The smallest absolute Gasteiger partial charge is 0.195 e. The largest absolute Gasteiger partial charge is 0.302 e. The van der Waals surface area contributed by atoms with Gasteiger partial charge in [0.15, 0.2) is 0 Å². The van der Waals surface area contributed by atoms with E-state index in [0.29, 0.717) is 5.92 Å². The average Bonchev–Trinajstić information content (AvgIpc) is 2.05. The van der Waals surface area contributed by atoms with Gasteiger partial charge in [-0.2, -0.15) is 8.42 Å². The fourth-order valence-corrected chi connectivity index (χ4v) is 2.43. The Hall–Kier alpha value is -0.120. The van der Waals surface area contributed by atoms with Crippen molar-refractivity contribution in [2.45, 2.75) is 20.3 Å². The lowest BCUT2D eigenvalue weighted by atomic mass is 10.1. The summed E-state index contributed by atoms with van der Waals surface area (Å²) >= 11 is 0. The summed E-state index contributed by atoms with van der Waals surface area (Å²) in [5, 5.41) is 0. The van der Waals surface area contributed by atoms with Crippen molar-refractivity contribution in [3.05, 3.63) is 0 Å². The van der Waals surface area contributed by atoms with Crippen molar-refractivity contribution in [1.29, 1.82) is 0 Å². The summed E-state index contributed by atoms with van der Waals surface area (Å²) in [6.07, 6.45) is 0.830. The van der Waals surface area contributed by atoms with E-state index in [9.17, 15) is 12.3 Å². The third-order valence-corrected chi connectivity index (χ3v) is 3.31. The highest BCUT2D eigenvalue weighted by atomic mass is 32.3. The maximum absolute atomic E-state index is 12.1. The van der Waals surface area contributed by atoms with Crippen LogP contribution in [0.1, 0.15) is 20.3 Å². The topological polar surface area (TPSA) is 34.1 Å². The molecular weight excluding hydrogens is 155 g/mol. The van der Waals surface area contributed by atoms with Crippen LogP contribution in [-0.4, -0.2) is 14.2 Å². The maximum Gasteiger partial charge on any atom is 0.302 e. The van der Waals surface area contributed by atoms with E-state index in [4.69, 9.17) is 0 Å². The van der Waals surface area contributed by atoms with Crippen molar-refractivity contribution < 1.29 is 12.3 Å². The van der Waals surface area contributed by atoms with E-state index in [1.165, 1.54) is 0 Å². The van der Waals surface area contributed by atoms with Crippen molar-refractivity contribution in [1.82, 2.24) is 0 Å². The standard InChI is InChI=1S/C6H11FO2S/c1-5-3-6(5,2)4-10(7,8)9/h5H,3-4H2,1-2H3. The minimum absolute atomic E-state index is 0.270. The number of hydrogen-bond donors (Lipinski definition) is 0. The fraction of sp³-hybridized carbons (Fsp3) is 1.00. The molecule has 1 rings (SSSR count). The molecule has 0 bridgehead atoms. The van der Waals surface area contributed by atoms with Crippen molar-refractivity contribution in [2.24, 2.45) is 11.3 Å². The van der Waals surface area contributed by atoms with Gasteiger partial charge in [0.25, 0.3) is 0 Å². The molecule has 1 aliphatic carbocycles. The third-order valence-electron chi connectivity index (χ3n) is 2.30. The second-order valence-corrected chi connectivity index (χ2v) is 4.81. The Bertz CT molecular complexity index is 234. The molecule has 0 aromatic rings. The highest BCUT2D eigenvalue weighted by molar-refractivity contribution is 7.86. The first-order chi connectivity index (χ1) is 4.33. The Morgan fingerprint density at radius 2 is 2.10 bits per heavy atom. The molecule has 1 fully saturated rings. The maximum atomic E-state index is 12.1. The Morgan fingerprint density at radius 3 is 2.20 bits per heavy atom. The van der Waals surface area contributed by atoms with Crippen LogP contribution < -0.4 is 0 Å². The van der Waals surface area contributed by atoms with Gasteiger partial charge in [0.2, 0.25) is 0 Å². The molecule has 60 valence electrons. The van der Waals surface area contributed by atoms with E-state index in [2.05, 4.69) is 0 Å². The zero-order chi connectivity index (χ0) is 7.99. The predicted octanol–water partition coefficient (Wildman–Crippen LogP) is 1.33. The molecule has 0 amide bonds. The quantitative estimate of drug-likeness (QED) is 0.580. The summed E-state index contributed by atoms with van der Waals surface area (Å²) in [7, 11) is -4.25. The van der Waals surface area contributed by atoms with E-state index < -0.39 is 10.2 Å². The Morgan fingerprint density at radius 1 is 1.70 bits per heavy atom. The number of hydrogen-bond acceptors (Lipinski definition) is 2. The molecule has 10 heavy (non-hydrogen) atoms. The Labute approximate surface area is 60.6 Å². The molecular formula is C6H11FO2S. The van der Waals surface area contributed by atoms with Crippen LogP contribution in [0.2, 0.25) is 0 Å². The van der Waals surface area contributed by atoms with Crippen LogP contribution in [0.25, 0.3) is 0 Å². The van der Waals surface area contributed by atoms with Crippen LogP contribution in [0.4, 0.5) is 3.89 Å². The molecule has 1 aliphatic rings. The molecule has 2 unspecified atom stereocenters. The molecule has 0 spiro atoms. The van der Waals surface area contributed by atoms with Gasteiger partial charge in [0.1, 0.15) is 0 Å². The zero-order valence-electron chi connectivity index (χ0n) is 6.09. The monoisotopic (exact) mass is 166 g/mol. The van der Waals surface area contributed by atoms with Gasteiger partial charge in [-0.3, -0.25) is 0 Å². The molecule has 2 atom stereocenters. The summed E-state index contributed by atoms with van der Waals surface area (Å²) in [5.74, 6) is 0.0549. The molecule has 0 heterocycles. The summed E-state index contributed by atoms with van der Waals surface area (Å²) < 4.78 is 32.4. The van der Waals surface area contributed by atoms with Crippen LogP contribution in [0.3, 0.4) is 0 Å². The minimum atomic E-state index is -4.25. The predicted molar refractivity (Wildman–Crippen MR) is 36.8 cm³/mol. The van der Waals surface area contributed by atoms with Crippen LogP contribution in [0, 0.1) is 11.3 Å². The number of halogens is 1. The number of rotatable bonds is 2. The lowest BCUT2D eigenvalue weighted by Crippen LogP contribution is -2.11. The van der Waals surface area contributed by atoms with E-state index in [1.54, 1.807) is 6.92 Å². The Kier molecular flexibility index (Phi) is 1.54. The van der Waals surface area contributed by atoms with E-state index in [1.807, 2.05) is 6.92 Å².